The molecule has 0 bridgehead atoms. The zero-order valence-electron chi connectivity index (χ0n) is 16.1. The van der Waals surface area contributed by atoms with Crippen molar-refractivity contribution >= 4 is 17.8 Å². The highest BCUT2D eigenvalue weighted by atomic mass is 19.1. The SMILES string of the molecule is C[C@]1(c2ccc3c(c2)CCC3)NC(=O)N(CC(=O)NCc2ccc(F)cc2)C1=O. The number of nitrogens with one attached hydrogen (secondary N) is 2. The summed E-state index contributed by atoms with van der Waals surface area (Å²) in [6.07, 6.45) is 3.10. The number of carbonyl (C=O) groups excluding carboxylic acids is 3. The van der Waals surface area contributed by atoms with Gasteiger partial charge in [-0.05, 0) is 60.6 Å². The molecular formula is C22H22FN3O3. The summed E-state index contributed by atoms with van der Waals surface area (Å²) < 4.78 is 13.0. The number of urea groups is 1. The molecule has 0 radical (unpaired) electrons. The van der Waals surface area contributed by atoms with Gasteiger partial charge in [0.15, 0.2) is 0 Å². The standard InChI is InChI=1S/C22H22FN3O3/c1-22(17-8-7-15-3-2-4-16(15)11-17)20(28)26(21(29)25-22)13-19(27)24-12-14-5-9-18(23)10-6-14/h5-11H,2-4,12-13H2,1H3,(H,24,27)(H,25,29)/t22-/m1/s1. The molecule has 0 aromatic heterocycles. The van der Waals surface area contributed by atoms with Gasteiger partial charge in [-0.15, -0.1) is 0 Å². The van der Waals surface area contributed by atoms with Crippen molar-refractivity contribution in [3.8, 4) is 0 Å². The molecule has 6 nitrogen and oxygen atoms in total. The molecule has 4 amide bonds. The Morgan fingerprint density at radius 2 is 1.86 bits per heavy atom. The van der Waals surface area contributed by atoms with Crippen LogP contribution in [0.1, 0.15) is 35.6 Å². The Morgan fingerprint density at radius 3 is 2.62 bits per heavy atom. The Bertz CT molecular complexity index is 989. The third-order valence-corrected chi connectivity index (χ3v) is 5.66. The van der Waals surface area contributed by atoms with Crippen molar-refractivity contribution < 1.29 is 18.8 Å². The van der Waals surface area contributed by atoms with Crippen LogP contribution in [0.3, 0.4) is 0 Å². The van der Waals surface area contributed by atoms with Crippen LogP contribution in [0.25, 0.3) is 0 Å². The average Bonchev–Trinajstić information content (AvgIpc) is 3.26. The molecular weight excluding hydrogens is 373 g/mol. The second-order valence-corrected chi connectivity index (χ2v) is 7.69. The molecule has 0 unspecified atom stereocenters. The number of aryl methyl sites for hydroxylation is 2. The van der Waals surface area contributed by atoms with Gasteiger partial charge >= 0.3 is 6.03 Å². The van der Waals surface area contributed by atoms with Crippen molar-refractivity contribution in [1.29, 1.82) is 0 Å². The first-order valence-electron chi connectivity index (χ1n) is 9.64. The third kappa shape index (κ3) is 3.60. The van der Waals surface area contributed by atoms with Crippen molar-refractivity contribution in [2.45, 2.75) is 38.3 Å². The molecule has 1 aliphatic heterocycles. The zero-order valence-corrected chi connectivity index (χ0v) is 16.1. The number of rotatable bonds is 5. The first-order chi connectivity index (χ1) is 13.9. The zero-order chi connectivity index (χ0) is 20.6. The monoisotopic (exact) mass is 395 g/mol. The normalized spacial score (nSPS) is 20.6. The van der Waals surface area contributed by atoms with Crippen LogP contribution in [0.2, 0.25) is 0 Å². The van der Waals surface area contributed by atoms with E-state index in [0.29, 0.717) is 0 Å². The van der Waals surface area contributed by atoms with Crippen molar-refractivity contribution in [3.05, 3.63) is 70.5 Å². The van der Waals surface area contributed by atoms with Gasteiger partial charge in [0.2, 0.25) is 5.91 Å². The summed E-state index contributed by atoms with van der Waals surface area (Å²) in [6.45, 7) is 1.48. The Labute approximate surface area is 168 Å². The number of carbonyl (C=O) groups is 3. The van der Waals surface area contributed by atoms with Gasteiger partial charge in [-0.1, -0.05) is 30.3 Å². The highest BCUT2D eigenvalue weighted by Gasteiger charge is 2.49. The van der Waals surface area contributed by atoms with Gasteiger partial charge in [0.1, 0.15) is 17.9 Å². The Balaban J connectivity index is 1.43. The third-order valence-electron chi connectivity index (χ3n) is 5.66. The minimum absolute atomic E-state index is 0.185. The molecule has 1 aliphatic carbocycles. The predicted molar refractivity (Wildman–Crippen MR) is 104 cm³/mol. The van der Waals surface area contributed by atoms with Gasteiger partial charge in [0.25, 0.3) is 5.91 Å². The minimum Gasteiger partial charge on any atom is -0.350 e. The number of benzene rings is 2. The molecule has 2 aromatic carbocycles. The van der Waals surface area contributed by atoms with Gasteiger partial charge in [0.05, 0.1) is 0 Å². The number of fused-ring (bicyclic) bond motifs is 1. The fourth-order valence-electron chi connectivity index (χ4n) is 3.92. The van der Waals surface area contributed by atoms with Crippen LogP contribution in [0.15, 0.2) is 42.5 Å². The number of halogens is 1. The van der Waals surface area contributed by atoms with Gasteiger partial charge in [-0.3, -0.25) is 14.5 Å². The maximum Gasteiger partial charge on any atom is 0.325 e. The van der Waals surface area contributed by atoms with Gasteiger partial charge < -0.3 is 10.6 Å². The van der Waals surface area contributed by atoms with Gasteiger partial charge in [-0.2, -0.15) is 0 Å². The smallest absolute Gasteiger partial charge is 0.325 e. The summed E-state index contributed by atoms with van der Waals surface area (Å²) >= 11 is 0. The van der Waals surface area contributed by atoms with Crippen LogP contribution >= 0.6 is 0 Å². The van der Waals surface area contributed by atoms with E-state index in [-0.39, 0.29) is 18.9 Å². The van der Waals surface area contributed by atoms with Crippen molar-refractivity contribution in [3.63, 3.8) is 0 Å². The fraction of sp³-hybridized carbons (Fsp3) is 0.318. The van der Waals surface area contributed by atoms with Crippen molar-refractivity contribution in [1.82, 2.24) is 15.5 Å². The van der Waals surface area contributed by atoms with E-state index in [1.165, 1.54) is 23.3 Å². The van der Waals surface area contributed by atoms with Crippen LogP contribution in [0.4, 0.5) is 9.18 Å². The average molecular weight is 395 g/mol. The van der Waals surface area contributed by atoms with Crippen LogP contribution in [0, 0.1) is 5.82 Å². The second kappa shape index (κ2) is 7.31. The van der Waals surface area contributed by atoms with Crippen LogP contribution in [0.5, 0.6) is 0 Å². The topological polar surface area (TPSA) is 78.5 Å². The lowest BCUT2D eigenvalue weighted by molar-refractivity contribution is -0.134. The summed E-state index contributed by atoms with van der Waals surface area (Å²) in [6, 6.07) is 11.0. The molecule has 1 fully saturated rings. The van der Waals surface area contributed by atoms with Gasteiger partial charge in [-0.25, -0.2) is 9.18 Å². The Kier molecular flexibility index (Phi) is 4.82. The maximum atomic E-state index is 13.0. The molecule has 2 aromatic rings. The highest BCUT2D eigenvalue weighted by molar-refractivity contribution is 6.09. The number of nitrogens with zero attached hydrogens (tertiary/aromatic N) is 1. The number of hydrogen-bond acceptors (Lipinski definition) is 3. The summed E-state index contributed by atoms with van der Waals surface area (Å²) in [4.78, 5) is 38.6. The summed E-state index contributed by atoms with van der Waals surface area (Å²) in [5.41, 5.74) is 2.75. The van der Waals surface area contributed by atoms with Crippen LogP contribution < -0.4 is 10.6 Å². The molecule has 0 spiro atoms. The first kappa shape index (κ1) is 19.1. The number of amides is 4. The van der Waals surface area contributed by atoms with E-state index in [0.717, 1.165) is 35.3 Å². The van der Waals surface area contributed by atoms with E-state index in [1.54, 1.807) is 19.1 Å². The molecule has 1 heterocycles. The lowest BCUT2D eigenvalue weighted by atomic mass is 9.89. The van der Waals surface area contributed by atoms with E-state index >= 15 is 0 Å². The second-order valence-electron chi connectivity index (χ2n) is 7.69. The Morgan fingerprint density at radius 1 is 1.14 bits per heavy atom. The number of imide groups is 1. The highest BCUT2D eigenvalue weighted by Crippen LogP contribution is 2.32. The van der Waals surface area contributed by atoms with E-state index in [1.807, 2.05) is 18.2 Å². The van der Waals surface area contributed by atoms with Crippen molar-refractivity contribution in [2.75, 3.05) is 6.54 Å². The largest absolute Gasteiger partial charge is 0.350 e. The summed E-state index contributed by atoms with van der Waals surface area (Å²) in [5, 5.41) is 5.39. The van der Waals surface area contributed by atoms with E-state index in [9.17, 15) is 18.8 Å². The Hall–Kier alpha value is -3.22. The van der Waals surface area contributed by atoms with Crippen LogP contribution in [-0.4, -0.2) is 29.3 Å². The predicted octanol–water partition coefficient (Wildman–Crippen LogP) is 2.40. The fourth-order valence-corrected chi connectivity index (χ4v) is 3.92. The van der Waals surface area contributed by atoms with E-state index in [4.69, 9.17) is 0 Å². The first-order valence-corrected chi connectivity index (χ1v) is 9.64. The van der Waals surface area contributed by atoms with E-state index < -0.39 is 23.4 Å². The van der Waals surface area contributed by atoms with Crippen molar-refractivity contribution in [2.24, 2.45) is 0 Å². The molecule has 7 heteroatoms. The molecule has 2 N–H and O–H groups in total. The molecule has 29 heavy (non-hydrogen) atoms. The molecule has 0 saturated carbocycles. The summed E-state index contributed by atoms with van der Waals surface area (Å²) in [5.74, 6) is -1.27. The van der Waals surface area contributed by atoms with E-state index in [2.05, 4.69) is 10.6 Å². The molecule has 2 aliphatic rings. The molecule has 4 rings (SSSR count). The maximum absolute atomic E-state index is 13.0. The summed E-state index contributed by atoms with van der Waals surface area (Å²) in [7, 11) is 0. The van der Waals surface area contributed by atoms with Gasteiger partial charge in [0, 0.05) is 6.54 Å². The molecule has 1 saturated heterocycles. The molecule has 150 valence electrons. The van der Waals surface area contributed by atoms with Crippen LogP contribution in [-0.2, 0) is 34.5 Å². The number of hydrogen-bond donors (Lipinski definition) is 2. The lowest BCUT2D eigenvalue weighted by Gasteiger charge is -2.23. The quantitative estimate of drug-likeness (QED) is 0.763. The minimum atomic E-state index is -1.19. The molecule has 1 atom stereocenters. The lowest BCUT2D eigenvalue weighted by Crippen LogP contribution is -2.43.